The van der Waals surface area contributed by atoms with Crippen molar-refractivity contribution >= 4 is 16.6 Å². The molecule has 180 valence electrons. The highest BCUT2D eigenvalue weighted by molar-refractivity contribution is 6.70. The van der Waals surface area contributed by atoms with Crippen LogP contribution in [0.15, 0.2) is 6.07 Å². The zero-order chi connectivity index (χ0) is 23.5. The molecule has 0 radical (unpaired) electrons. The lowest BCUT2D eigenvalue weighted by Crippen LogP contribution is -2.47. The molecule has 0 aliphatic heterocycles. The average Bonchev–Trinajstić information content (AvgIpc) is 3.01. The van der Waals surface area contributed by atoms with Crippen molar-refractivity contribution in [2.45, 2.75) is 96.8 Å². The Morgan fingerprint density at radius 1 is 0.875 bits per heavy atom. The van der Waals surface area contributed by atoms with Gasteiger partial charge in [-0.1, -0.05) is 6.92 Å². The van der Waals surface area contributed by atoms with Gasteiger partial charge in [-0.25, -0.2) is 0 Å². The van der Waals surface area contributed by atoms with Crippen molar-refractivity contribution in [1.82, 2.24) is 0 Å². The molecule has 0 N–H and O–H groups in total. The number of methoxy groups -OCH3 is 2. The molecule has 32 heavy (non-hydrogen) atoms. The Kier molecular flexibility index (Phi) is 6.30. The quantitative estimate of drug-likeness (QED) is 0.414. The molecular formula is C26H44O4Si2. The third-order valence-corrected chi connectivity index (χ3v) is 9.95. The predicted molar refractivity (Wildman–Crippen MR) is 136 cm³/mol. The molecule has 0 unspecified atom stereocenters. The lowest BCUT2D eigenvalue weighted by molar-refractivity contribution is -0.0142. The molecule has 5 atom stereocenters. The summed E-state index contributed by atoms with van der Waals surface area (Å²) in [5.74, 6) is 4.63. The summed E-state index contributed by atoms with van der Waals surface area (Å²) in [6.45, 7) is 16.3. The third kappa shape index (κ3) is 4.27. The Labute approximate surface area is 197 Å². The van der Waals surface area contributed by atoms with Crippen LogP contribution in [-0.2, 0) is 10.8 Å². The lowest BCUT2D eigenvalue weighted by Gasteiger charge is -2.51. The maximum absolute atomic E-state index is 6.75. The van der Waals surface area contributed by atoms with Crippen LogP contribution in [-0.4, -0.2) is 37.0 Å². The van der Waals surface area contributed by atoms with E-state index in [9.17, 15) is 0 Å². The van der Waals surface area contributed by atoms with E-state index in [2.05, 4.69) is 52.3 Å². The molecule has 6 heteroatoms. The van der Waals surface area contributed by atoms with Crippen molar-refractivity contribution in [1.29, 1.82) is 0 Å². The molecule has 0 amide bonds. The summed E-state index contributed by atoms with van der Waals surface area (Å²) >= 11 is 0. The second-order valence-electron chi connectivity index (χ2n) is 12.5. The number of hydrogen-bond acceptors (Lipinski definition) is 4. The van der Waals surface area contributed by atoms with Gasteiger partial charge in [-0.15, -0.1) is 0 Å². The van der Waals surface area contributed by atoms with E-state index in [-0.39, 0.29) is 0 Å². The lowest BCUT2D eigenvalue weighted by atomic mass is 9.55. The molecule has 0 bridgehead atoms. The zero-order valence-electron chi connectivity index (χ0n) is 21.8. The van der Waals surface area contributed by atoms with Gasteiger partial charge in [-0.2, -0.15) is 0 Å². The zero-order valence-corrected chi connectivity index (χ0v) is 23.8. The highest BCUT2D eigenvalue weighted by atomic mass is 28.4. The summed E-state index contributed by atoms with van der Waals surface area (Å²) in [6, 6.07) is 2.27. The number of ether oxygens (including phenoxy) is 2. The highest BCUT2D eigenvalue weighted by Gasteiger charge is 2.56. The van der Waals surface area contributed by atoms with E-state index in [1.165, 1.54) is 43.2 Å². The van der Waals surface area contributed by atoms with Crippen LogP contribution >= 0.6 is 0 Å². The molecular weight excluding hydrogens is 432 g/mol. The maximum Gasteiger partial charge on any atom is 0.242 e. The topological polar surface area (TPSA) is 36.9 Å². The van der Waals surface area contributed by atoms with E-state index in [4.69, 9.17) is 18.3 Å². The Morgan fingerprint density at radius 3 is 2.19 bits per heavy atom. The maximum atomic E-state index is 6.75. The van der Waals surface area contributed by atoms with Crippen LogP contribution < -0.4 is 13.9 Å². The van der Waals surface area contributed by atoms with Crippen LogP contribution in [0.25, 0.3) is 0 Å². The van der Waals surface area contributed by atoms with E-state index in [1.807, 2.05) is 0 Å². The fourth-order valence-electron chi connectivity index (χ4n) is 6.98. The van der Waals surface area contributed by atoms with E-state index in [0.717, 1.165) is 35.5 Å². The van der Waals surface area contributed by atoms with E-state index in [1.54, 1.807) is 14.2 Å². The molecule has 1 aromatic carbocycles. The summed E-state index contributed by atoms with van der Waals surface area (Å²) in [7, 11) is 0.137. The second-order valence-corrected chi connectivity index (χ2v) is 21.4. The molecule has 0 heterocycles. The molecule has 3 aliphatic carbocycles. The number of fused-ring (bicyclic) bond motifs is 5. The molecule has 4 nitrogen and oxygen atoms in total. The normalized spacial score (nSPS) is 32.0. The fraction of sp³-hybridized carbons (Fsp3) is 0.769. The Bertz CT molecular complexity index is 857. The van der Waals surface area contributed by atoms with Gasteiger partial charge in [0.25, 0.3) is 0 Å². The number of benzene rings is 1. The van der Waals surface area contributed by atoms with Gasteiger partial charge in [0.05, 0.1) is 20.3 Å². The predicted octanol–water partition coefficient (Wildman–Crippen LogP) is 6.99. The van der Waals surface area contributed by atoms with Gasteiger partial charge in [-0.3, -0.25) is 0 Å². The molecule has 1 aromatic rings. The van der Waals surface area contributed by atoms with Gasteiger partial charge in [0.15, 0.2) is 19.8 Å². The van der Waals surface area contributed by atoms with Crippen molar-refractivity contribution in [3.05, 3.63) is 17.2 Å². The van der Waals surface area contributed by atoms with Crippen LogP contribution in [0.1, 0.15) is 56.1 Å². The summed E-state index contributed by atoms with van der Waals surface area (Å²) in [5.41, 5.74) is 3.17. The van der Waals surface area contributed by atoms with Gasteiger partial charge in [-0.05, 0) is 113 Å². The van der Waals surface area contributed by atoms with Crippen molar-refractivity contribution in [3.63, 3.8) is 0 Å². The standard InChI is InChI=1S/C26H44O4Si2/c1-26-15-14-17-18(21(26)12-13-23(26)29-31(4,5)6)10-11-19-20(17)16-22(27-2)25(28-3)24(19)30-32(7,8)9/h16-18,21,23H,10-15H2,1-9H3/t17-,18+,21-,23-,26-/m0/s1. The minimum Gasteiger partial charge on any atom is -0.542 e. The van der Waals surface area contributed by atoms with Gasteiger partial charge in [0, 0.05) is 5.56 Å². The van der Waals surface area contributed by atoms with Crippen molar-refractivity contribution in [2.75, 3.05) is 14.2 Å². The van der Waals surface area contributed by atoms with E-state index >= 15 is 0 Å². The minimum atomic E-state index is -1.80. The molecule has 0 saturated heterocycles. The minimum absolute atomic E-state index is 0.327. The summed E-state index contributed by atoms with van der Waals surface area (Å²) in [6.07, 6.45) is 7.80. The first-order valence-electron chi connectivity index (χ1n) is 12.5. The van der Waals surface area contributed by atoms with Crippen LogP contribution in [0.3, 0.4) is 0 Å². The summed E-state index contributed by atoms with van der Waals surface area (Å²) < 4.78 is 25.0. The van der Waals surface area contributed by atoms with E-state index < -0.39 is 16.6 Å². The fourth-order valence-corrected chi connectivity index (χ4v) is 9.05. The molecule has 4 rings (SSSR count). The Morgan fingerprint density at radius 2 is 1.59 bits per heavy atom. The van der Waals surface area contributed by atoms with Crippen molar-refractivity contribution in [3.8, 4) is 17.2 Å². The summed E-state index contributed by atoms with van der Waals surface area (Å²) in [4.78, 5) is 0. The van der Waals surface area contributed by atoms with Gasteiger partial charge in [0.2, 0.25) is 14.1 Å². The van der Waals surface area contributed by atoms with Crippen LogP contribution in [0.5, 0.6) is 17.2 Å². The van der Waals surface area contributed by atoms with Crippen LogP contribution in [0, 0.1) is 17.3 Å². The van der Waals surface area contributed by atoms with Gasteiger partial charge in [0.1, 0.15) is 0 Å². The molecule has 2 saturated carbocycles. The Hall–Kier alpha value is -0.986. The summed E-state index contributed by atoms with van der Waals surface area (Å²) in [5, 5.41) is 0. The number of hydrogen-bond donors (Lipinski definition) is 0. The number of rotatable bonds is 6. The second kappa shape index (κ2) is 8.35. The van der Waals surface area contributed by atoms with E-state index in [0.29, 0.717) is 17.4 Å². The van der Waals surface area contributed by atoms with Crippen LogP contribution in [0.4, 0.5) is 0 Å². The molecule has 3 aliphatic rings. The average molecular weight is 477 g/mol. The Balaban J connectivity index is 1.71. The van der Waals surface area contributed by atoms with Crippen molar-refractivity contribution < 1.29 is 18.3 Å². The largest absolute Gasteiger partial charge is 0.542 e. The molecule has 2 fully saturated rings. The van der Waals surface area contributed by atoms with Gasteiger partial charge >= 0.3 is 0 Å². The SMILES string of the molecule is COc1cc2c(c(O[Si](C)(C)C)c1OC)CC[C@@H]1[C@@H]2CC[C@]2(C)[C@@H](O[Si](C)(C)C)CC[C@@H]12. The third-order valence-electron chi connectivity index (χ3n) is 8.14. The molecule has 0 spiro atoms. The molecule has 0 aromatic heterocycles. The van der Waals surface area contributed by atoms with Gasteiger partial charge < -0.3 is 18.3 Å². The first-order valence-corrected chi connectivity index (χ1v) is 19.3. The first-order chi connectivity index (χ1) is 14.9. The monoisotopic (exact) mass is 476 g/mol. The van der Waals surface area contributed by atoms with Crippen LogP contribution in [0.2, 0.25) is 39.3 Å². The highest BCUT2D eigenvalue weighted by Crippen LogP contribution is 2.63. The first kappa shape index (κ1) is 24.1. The smallest absolute Gasteiger partial charge is 0.242 e. The van der Waals surface area contributed by atoms with Crippen molar-refractivity contribution in [2.24, 2.45) is 17.3 Å².